The molecule has 0 saturated heterocycles. The number of aromatic nitrogens is 1. The predicted octanol–water partition coefficient (Wildman–Crippen LogP) is 2.68. The molecule has 0 aliphatic heterocycles. The van der Waals surface area contributed by atoms with E-state index in [1.54, 1.807) is 17.8 Å². The van der Waals surface area contributed by atoms with Crippen LogP contribution in [0, 0.1) is 0 Å². The molecule has 0 aliphatic rings. The summed E-state index contributed by atoms with van der Waals surface area (Å²) in [7, 11) is 0. The normalized spacial score (nSPS) is 10.1. The van der Waals surface area contributed by atoms with Crippen molar-refractivity contribution in [3.63, 3.8) is 0 Å². The highest BCUT2D eigenvalue weighted by molar-refractivity contribution is 7.99. The summed E-state index contributed by atoms with van der Waals surface area (Å²) in [5, 5.41) is 9.94. The van der Waals surface area contributed by atoms with Crippen molar-refractivity contribution < 1.29 is 5.11 Å². The number of rotatable bonds is 4. The standard InChI is InChI=1S/C9H13NOS/c1-2-3-6-12-9-5-4-8(11)7-10-9/h4-5,7,11H,2-3,6H2,1H3. The third-order valence-electron chi connectivity index (χ3n) is 1.47. The molecule has 1 aromatic rings. The van der Waals surface area contributed by atoms with Crippen LogP contribution in [-0.2, 0) is 0 Å². The van der Waals surface area contributed by atoms with Gasteiger partial charge >= 0.3 is 0 Å². The lowest BCUT2D eigenvalue weighted by Gasteiger charge is -1.98. The maximum Gasteiger partial charge on any atom is 0.133 e. The van der Waals surface area contributed by atoms with Crippen LogP contribution in [0.1, 0.15) is 19.8 Å². The SMILES string of the molecule is CCCCSc1ccc(O)cn1. The first-order valence-electron chi connectivity index (χ1n) is 4.10. The van der Waals surface area contributed by atoms with Gasteiger partial charge in [-0.25, -0.2) is 4.98 Å². The van der Waals surface area contributed by atoms with E-state index in [2.05, 4.69) is 11.9 Å². The monoisotopic (exact) mass is 183 g/mol. The number of nitrogens with zero attached hydrogens (tertiary/aromatic N) is 1. The van der Waals surface area contributed by atoms with E-state index in [0.29, 0.717) is 0 Å². The lowest BCUT2D eigenvalue weighted by Crippen LogP contribution is -1.81. The minimum absolute atomic E-state index is 0.231. The highest BCUT2D eigenvalue weighted by Crippen LogP contribution is 2.18. The van der Waals surface area contributed by atoms with E-state index in [1.807, 2.05) is 6.07 Å². The van der Waals surface area contributed by atoms with Crippen molar-refractivity contribution in [3.8, 4) is 5.75 Å². The van der Waals surface area contributed by atoms with Crippen LogP contribution < -0.4 is 0 Å². The molecular formula is C9H13NOS. The molecule has 0 amide bonds. The molecule has 2 nitrogen and oxygen atoms in total. The third-order valence-corrected chi connectivity index (χ3v) is 2.50. The molecule has 0 bridgehead atoms. The minimum atomic E-state index is 0.231. The first kappa shape index (κ1) is 9.39. The summed E-state index contributed by atoms with van der Waals surface area (Å²) in [5.74, 6) is 1.34. The summed E-state index contributed by atoms with van der Waals surface area (Å²) in [5.41, 5.74) is 0. The molecule has 0 atom stereocenters. The van der Waals surface area contributed by atoms with Crippen molar-refractivity contribution in [3.05, 3.63) is 18.3 Å². The van der Waals surface area contributed by atoms with Gasteiger partial charge in [-0.05, 0) is 24.3 Å². The number of unbranched alkanes of at least 4 members (excludes halogenated alkanes) is 1. The van der Waals surface area contributed by atoms with E-state index in [9.17, 15) is 0 Å². The Balaban J connectivity index is 2.37. The molecule has 0 spiro atoms. The van der Waals surface area contributed by atoms with Gasteiger partial charge in [0.05, 0.1) is 11.2 Å². The van der Waals surface area contributed by atoms with Crippen LogP contribution in [0.15, 0.2) is 23.4 Å². The van der Waals surface area contributed by atoms with Crippen molar-refractivity contribution in [1.29, 1.82) is 0 Å². The summed E-state index contributed by atoms with van der Waals surface area (Å²) in [6.45, 7) is 2.17. The molecule has 0 radical (unpaired) electrons. The van der Waals surface area contributed by atoms with Gasteiger partial charge in [0.25, 0.3) is 0 Å². The molecule has 1 N–H and O–H groups in total. The first-order chi connectivity index (χ1) is 5.83. The maximum atomic E-state index is 8.96. The minimum Gasteiger partial charge on any atom is -0.506 e. The molecule has 66 valence electrons. The zero-order valence-corrected chi connectivity index (χ0v) is 7.97. The lowest BCUT2D eigenvalue weighted by molar-refractivity contribution is 0.471. The fourth-order valence-electron chi connectivity index (χ4n) is 0.779. The zero-order valence-electron chi connectivity index (χ0n) is 7.16. The Morgan fingerprint density at radius 3 is 2.92 bits per heavy atom. The lowest BCUT2D eigenvalue weighted by atomic mass is 10.4. The van der Waals surface area contributed by atoms with Crippen LogP contribution in [0.3, 0.4) is 0 Å². The molecule has 0 unspecified atom stereocenters. The smallest absolute Gasteiger partial charge is 0.133 e. The van der Waals surface area contributed by atoms with Crippen molar-refractivity contribution in [2.45, 2.75) is 24.8 Å². The summed E-state index contributed by atoms with van der Waals surface area (Å²) in [6, 6.07) is 3.51. The van der Waals surface area contributed by atoms with Gasteiger partial charge in [-0.3, -0.25) is 0 Å². The molecule has 1 aromatic heterocycles. The number of hydrogen-bond acceptors (Lipinski definition) is 3. The van der Waals surface area contributed by atoms with E-state index in [1.165, 1.54) is 19.0 Å². The molecule has 0 saturated carbocycles. The van der Waals surface area contributed by atoms with Gasteiger partial charge in [0.15, 0.2) is 0 Å². The summed E-state index contributed by atoms with van der Waals surface area (Å²) in [6.07, 6.45) is 3.91. The first-order valence-corrected chi connectivity index (χ1v) is 5.09. The molecule has 12 heavy (non-hydrogen) atoms. The quantitative estimate of drug-likeness (QED) is 0.575. The number of aromatic hydroxyl groups is 1. The van der Waals surface area contributed by atoms with Gasteiger partial charge in [-0.2, -0.15) is 0 Å². The predicted molar refractivity (Wildman–Crippen MR) is 51.5 cm³/mol. The van der Waals surface area contributed by atoms with Gasteiger partial charge in [0.1, 0.15) is 5.75 Å². The highest BCUT2D eigenvalue weighted by Gasteiger charge is 1.94. The Bertz CT molecular complexity index is 222. The van der Waals surface area contributed by atoms with Crippen LogP contribution in [0.5, 0.6) is 5.75 Å². The van der Waals surface area contributed by atoms with E-state index >= 15 is 0 Å². The van der Waals surface area contributed by atoms with E-state index in [-0.39, 0.29) is 5.75 Å². The number of thioether (sulfide) groups is 1. The molecule has 0 aromatic carbocycles. The molecule has 0 aliphatic carbocycles. The fourth-order valence-corrected chi connectivity index (χ4v) is 1.71. The second kappa shape index (κ2) is 5.04. The Hall–Kier alpha value is -0.700. The van der Waals surface area contributed by atoms with Crippen LogP contribution >= 0.6 is 11.8 Å². The van der Waals surface area contributed by atoms with Gasteiger partial charge in [0.2, 0.25) is 0 Å². The molecule has 1 rings (SSSR count). The van der Waals surface area contributed by atoms with E-state index < -0.39 is 0 Å². The highest BCUT2D eigenvalue weighted by atomic mass is 32.2. The molecular weight excluding hydrogens is 170 g/mol. The summed E-state index contributed by atoms with van der Waals surface area (Å²) in [4.78, 5) is 4.06. The average Bonchev–Trinajstić information content (AvgIpc) is 2.09. The molecule has 3 heteroatoms. The Labute approximate surface area is 77.0 Å². The third kappa shape index (κ3) is 3.13. The van der Waals surface area contributed by atoms with Crippen LogP contribution in [0.25, 0.3) is 0 Å². The average molecular weight is 183 g/mol. The van der Waals surface area contributed by atoms with E-state index in [0.717, 1.165) is 10.8 Å². The summed E-state index contributed by atoms with van der Waals surface area (Å²) >= 11 is 1.73. The van der Waals surface area contributed by atoms with Crippen molar-refractivity contribution >= 4 is 11.8 Å². The molecule has 0 fully saturated rings. The van der Waals surface area contributed by atoms with Gasteiger partial charge in [-0.1, -0.05) is 13.3 Å². The second-order valence-electron chi connectivity index (χ2n) is 2.56. The van der Waals surface area contributed by atoms with Crippen LogP contribution in [-0.4, -0.2) is 15.8 Å². The second-order valence-corrected chi connectivity index (χ2v) is 3.67. The zero-order chi connectivity index (χ0) is 8.81. The molecule has 1 heterocycles. The topological polar surface area (TPSA) is 33.1 Å². The Morgan fingerprint density at radius 1 is 1.50 bits per heavy atom. The van der Waals surface area contributed by atoms with Gasteiger partial charge < -0.3 is 5.11 Å². The van der Waals surface area contributed by atoms with Gasteiger partial charge in [0, 0.05) is 0 Å². The maximum absolute atomic E-state index is 8.96. The largest absolute Gasteiger partial charge is 0.506 e. The van der Waals surface area contributed by atoms with Crippen molar-refractivity contribution in [2.24, 2.45) is 0 Å². The van der Waals surface area contributed by atoms with Crippen LogP contribution in [0.4, 0.5) is 0 Å². The van der Waals surface area contributed by atoms with Gasteiger partial charge in [-0.15, -0.1) is 11.8 Å². The fraction of sp³-hybridized carbons (Fsp3) is 0.444. The van der Waals surface area contributed by atoms with Crippen molar-refractivity contribution in [2.75, 3.05) is 5.75 Å². The number of pyridine rings is 1. The van der Waals surface area contributed by atoms with Crippen LogP contribution in [0.2, 0.25) is 0 Å². The Kier molecular flexibility index (Phi) is 3.94. The van der Waals surface area contributed by atoms with E-state index in [4.69, 9.17) is 5.11 Å². The summed E-state index contributed by atoms with van der Waals surface area (Å²) < 4.78 is 0. The number of hydrogen-bond donors (Lipinski definition) is 1. The van der Waals surface area contributed by atoms with Crippen molar-refractivity contribution in [1.82, 2.24) is 4.98 Å². The Morgan fingerprint density at radius 2 is 2.33 bits per heavy atom.